The van der Waals surface area contributed by atoms with Crippen molar-refractivity contribution in [2.24, 2.45) is 4.99 Å². The van der Waals surface area contributed by atoms with Gasteiger partial charge in [-0.3, -0.25) is 0 Å². The highest BCUT2D eigenvalue weighted by Gasteiger charge is 2.09. The van der Waals surface area contributed by atoms with E-state index in [4.69, 9.17) is 14.2 Å². The number of H-pyrrole nitrogens is 1. The van der Waals surface area contributed by atoms with E-state index in [1.807, 2.05) is 18.2 Å². The van der Waals surface area contributed by atoms with Crippen LogP contribution in [0.2, 0.25) is 0 Å². The first kappa shape index (κ1) is 20.4. The Morgan fingerprint density at radius 3 is 2.52 bits per heavy atom. The Kier molecular flexibility index (Phi) is 6.84. The second-order valence-corrected chi connectivity index (χ2v) is 6.87. The van der Waals surface area contributed by atoms with Crippen molar-refractivity contribution in [3.05, 3.63) is 59.4 Å². The molecule has 0 spiro atoms. The third-order valence-electron chi connectivity index (χ3n) is 4.32. The number of rotatable bonds is 9. The molecule has 3 aromatic rings. The van der Waals surface area contributed by atoms with E-state index in [0.717, 1.165) is 11.3 Å². The number of aryl methyl sites for hydroxylation is 1. The molecule has 29 heavy (non-hydrogen) atoms. The van der Waals surface area contributed by atoms with Crippen molar-refractivity contribution in [2.45, 2.75) is 26.7 Å². The summed E-state index contributed by atoms with van der Waals surface area (Å²) in [5.41, 5.74) is 3.24. The minimum atomic E-state index is 0.401. The standard InChI is InChI=1S/C22H26N4O3/c1-15(2)18-7-5-16(3)11-20(18)29-10-9-28-19-8-6-17(12-21(19)27-4)13-23-22-24-14-25-26-22/h5-8,11-15H,9-10H2,1-4H3,(H,24,25,26). The Bertz CT molecular complexity index is 953. The molecule has 0 radical (unpaired) electrons. The number of aliphatic imine (C=N–C) groups is 1. The summed E-state index contributed by atoms with van der Waals surface area (Å²) in [4.78, 5) is 8.16. The number of hydrogen-bond acceptors (Lipinski definition) is 6. The average Bonchev–Trinajstić information content (AvgIpc) is 3.23. The summed E-state index contributed by atoms with van der Waals surface area (Å²) in [7, 11) is 1.61. The van der Waals surface area contributed by atoms with Gasteiger partial charge in [-0.15, -0.1) is 0 Å². The molecule has 0 amide bonds. The molecule has 152 valence electrons. The largest absolute Gasteiger partial charge is 0.493 e. The van der Waals surface area contributed by atoms with Crippen molar-refractivity contribution in [3.8, 4) is 17.2 Å². The molecule has 0 saturated heterocycles. The summed E-state index contributed by atoms with van der Waals surface area (Å²) < 4.78 is 17.3. The zero-order chi connectivity index (χ0) is 20.6. The third kappa shape index (κ3) is 5.57. The van der Waals surface area contributed by atoms with Crippen molar-refractivity contribution in [2.75, 3.05) is 20.3 Å². The van der Waals surface area contributed by atoms with Crippen LogP contribution in [0.25, 0.3) is 0 Å². The number of benzene rings is 2. The van der Waals surface area contributed by atoms with Crippen molar-refractivity contribution >= 4 is 12.2 Å². The summed E-state index contributed by atoms with van der Waals surface area (Å²) in [6, 6.07) is 11.9. The first-order valence-electron chi connectivity index (χ1n) is 9.50. The van der Waals surface area contributed by atoms with Gasteiger partial charge in [0.1, 0.15) is 25.3 Å². The van der Waals surface area contributed by atoms with Gasteiger partial charge < -0.3 is 14.2 Å². The zero-order valence-corrected chi connectivity index (χ0v) is 17.2. The molecule has 0 bridgehead atoms. The first-order valence-corrected chi connectivity index (χ1v) is 9.50. The molecule has 3 rings (SSSR count). The van der Waals surface area contributed by atoms with Crippen molar-refractivity contribution in [3.63, 3.8) is 0 Å². The van der Waals surface area contributed by atoms with Crippen LogP contribution in [-0.2, 0) is 0 Å². The Morgan fingerprint density at radius 1 is 1.03 bits per heavy atom. The van der Waals surface area contributed by atoms with Crippen molar-refractivity contribution in [1.29, 1.82) is 0 Å². The number of nitrogens with zero attached hydrogens (tertiary/aromatic N) is 3. The van der Waals surface area contributed by atoms with Crippen LogP contribution >= 0.6 is 0 Å². The molecule has 1 heterocycles. The quantitative estimate of drug-likeness (QED) is 0.428. The first-order chi connectivity index (χ1) is 14.1. The summed E-state index contributed by atoms with van der Waals surface area (Å²) in [6.07, 6.45) is 3.09. The van der Waals surface area contributed by atoms with Gasteiger partial charge in [0, 0.05) is 6.21 Å². The van der Waals surface area contributed by atoms with E-state index < -0.39 is 0 Å². The molecule has 1 N–H and O–H groups in total. The van der Waals surface area contributed by atoms with E-state index in [1.54, 1.807) is 13.3 Å². The molecule has 1 aromatic heterocycles. The normalized spacial score (nSPS) is 11.2. The van der Waals surface area contributed by atoms with Crippen LogP contribution in [0.3, 0.4) is 0 Å². The van der Waals surface area contributed by atoms with E-state index in [0.29, 0.717) is 36.6 Å². The Hall–Kier alpha value is -3.35. The van der Waals surface area contributed by atoms with Crippen LogP contribution in [0.5, 0.6) is 17.2 Å². The molecule has 0 atom stereocenters. The summed E-state index contributed by atoms with van der Waals surface area (Å²) in [5.74, 6) is 3.04. The lowest BCUT2D eigenvalue weighted by Crippen LogP contribution is -2.11. The molecular weight excluding hydrogens is 368 g/mol. The lowest BCUT2D eigenvalue weighted by Gasteiger charge is -2.16. The lowest BCUT2D eigenvalue weighted by atomic mass is 10.0. The molecule has 0 aliphatic carbocycles. The van der Waals surface area contributed by atoms with Crippen molar-refractivity contribution < 1.29 is 14.2 Å². The third-order valence-corrected chi connectivity index (χ3v) is 4.32. The van der Waals surface area contributed by atoms with E-state index in [9.17, 15) is 0 Å². The van der Waals surface area contributed by atoms with Gasteiger partial charge in [-0.2, -0.15) is 10.1 Å². The summed E-state index contributed by atoms with van der Waals surface area (Å²) >= 11 is 0. The number of aromatic amines is 1. The predicted octanol–water partition coefficient (Wildman–Crippen LogP) is 4.45. The highest BCUT2D eigenvalue weighted by atomic mass is 16.5. The van der Waals surface area contributed by atoms with Gasteiger partial charge in [0.15, 0.2) is 11.5 Å². The van der Waals surface area contributed by atoms with Crippen molar-refractivity contribution in [1.82, 2.24) is 15.2 Å². The molecule has 7 heteroatoms. The van der Waals surface area contributed by atoms with Gasteiger partial charge >= 0.3 is 0 Å². The predicted molar refractivity (Wildman–Crippen MR) is 113 cm³/mol. The number of ether oxygens (including phenoxy) is 3. The second kappa shape index (κ2) is 9.73. The minimum Gasteiger partial charge on any atom is -0.493 e. The molecule has 2 aromatic carbocycles. The average molecular weight is 394 g/mol. The highest BCUT2D eigenvalue weighted by molar-refractivity contribution is 5.82. The van der Waals surface area contributed by atoms with Gasteiger partial charge in [-0.25, -0.2) is 10.1 Å². The second-order valence-electron chi connectivity index (χ2n) is 6.87. The molecule has 0 fully saturated rings. The van der Waals surface area contributed by atoms with Crippen LogP contribution in [0.4, 0.5) is 5.95 Å². The number of hydrogen-bond donors (Lipinski definition) is 1. The number of methoxy groups -OCH3 is 1. The molecule has 0 unspecified atom stereocenters. The van der Waals surface area contributed by atoms with Gasteiger partial charge in [0.2, 0.25) is 5.95 Å². The monoisotopic (exact) mass is 394 g/mol. The van der Waals surface area contributed by atoms with Gasteiger partial charge in [0.05, 0.1) is 7.11 Å². The maximum atomic E-state index is 5.97. The fourth-order valence-electron chi connectivity index (χ4n) is 2.83. The van der Waals surface area contributed by atoms with E-state index in [-0.39, 0.29) is 0 Å². The maximum absolute atomic E-state index is 5.97. The van der Waals surface area contributed by atoms with E-state index in [1.165, 1.54) is 17.5 Å². The van der Waals surface area contributed by atoms with E-state index >= 15 is 0 Å². The maximum Gasteiger partial charge on any atom is 0.245 e. The fourth-order valence-corrected chi connectivity index (χ4v) is 2.83. The molecule has 0 aliphatic rings. The van der Waals surface area contributed by atoms with Crippen LogP contribution < -0.4 is 14.2 Å². The SMILES string of the molecule is COc1cc(C=Nc2ncn[nH]2)ccc1OCCOc1cc(C)ccc1C(C)C. The van der Waals surface area contributed by atoms with Gasteiger partial charge in [0.25, 0.3) is 0 Å². The lowest BCUT2D eigenvalue weighted by molar-refractivity contribution is 0.210. The van der Waals surface area contributed by atoms with Crippen LogP contribution in [0.1, 0.15) is 36.5 Å². The van der Waals surface area contributed by atoms with Gasteiger partial charge in [-0.05, 0) is 53.8 Å². The fraction of sp³-hybridized carbons (Fsp3) is 0.318. The van der Waals surface area contributed by atoms with E-state index in [2.05, 4.69) is 59.1 Å². The Labute approximate surface area is 170 Å². The van der Waals surface area contributed by atoms with Gasteiger partial charge in [-0.1, -0.05) is 26.0 Å². The summed E-state index contributed by atoms with van der Waals surface area (Å²) in [6.45, 7) is 7.23. The van der Waals surface area contributed by atoms with Crippen LogP contribution in [0.15, 0.2) is 47.7 Å². The summed E-state index contributed by atoms with van der Waals surface area (Å²) in [5, 5.41) is 6.44. The number of nitrogens with one attached hydrogen (secondary N) is 1. The minimum absolute atomic E-state index is 0.401. The Balaban J connectivity index is 1.59. The highest BCUT2D eigenvalue weighted by Crippen LogP contribution is 2.29. The molecular formula is C22H26N4O3. The topological polar surface area (TPSA) is 81.6 Å². The van der Waals surface area contributed by atoms with Crippen LogP contribution in [-0.4, -0.2) is 41.7 Å². The molecule has 0 aliphatic heterocycles. The molecule has 0 saturated carbocycles. The van der Waals surface area contributed by atoms with Crippen LogP contribution in [0, 0.1) is 6.92 Å². The smallest absolute Gasteiger partial charge is 0.245 e. The Morgan fingerprint density at radius 2 is 1.83 bits per heavy atom. The molecule has 7 nitrogen and oxygen atoms in total. The number of aromatic nitrogens is 3. The zero-order valence-electron chi connectivity index (χ0n) is 17.2.